The van der Waals surface area contributed by atoms with E-state index in [1.54, 1.807) is 55.1 Å². The number of nitrogens with two attached hydrogens (primary N) is 1. The number of nitrogens with zero attached hydrogens (tertiary/aromatic N) is 2. The Kier molecular flexibility index (Phi) is 15.3. The lowest BCUT2D eigenvalue weighted by Gasteiger charge is -2.20. The fraction of sp³-hybridized carbons (Fsp3) is 0.375. The number of carbonyl (C=O) groups is 2. The molecule has 13 nitrogen and oxygen atoms in total. The Morgan fingerprint density at radius 1 is 1.19 bits per heavy atom. The molecule has 2 aromatic heterocycles. The van der Waals surface area contributed by atoms with Crippen LogP contribution < -0.4 is 26.5 Å². The maximum absolute atomic E-state index is 13.5. The van der Waals surface area contributed by atoms with Gasteiger partial charge in [-0.25, -0.2) is 13.4 Å². The molecule has 6 N–H and O–H groups in total. The molecule has 48 heavy (non-hydrogen) atoms. The average molecular weight is 700 g/mol. The normalized spacial score (nSPS) is 11.5. The van der Waals surface area contributed by atoms with Gasteiger partial charge in [0.1, 0.15) is 11.6 Å². The number of amides is 1. The molecule has 16 heteroatoms. The van der Waals surface area contributed by atoms with Gasteiger partial charge in [-0.05, 0) is 62.6 Å². The number of fused-ring (bicyclic) bond motifs is 1. The zero-order chi connectivity index (χ0) is 36.0. The van der Waals surface area contributed by atoms with E-state index >= 15 is 0 Å². The summed E-state index contributed by atoms with van der Waals surface area (Å²) >= 11 is 0. The number of anilines is 1. The van der Waals surface area contributed by atoms with Crippen LogP contribution in [0.4, 0.5) is 15.1 Å². The number of carbonyl (C=O) groups excluding carboxylic acids is 2. The molecule has 266 valence electrons. The van der Waals surface area contributed by atoms with Crippen molar-refractivity contribution in [3.63, 3.8) is 0 Å². The third kappa shape index (κ3) is 9.92. The molecule has 0 fully saturated rings. The van der Waals surface area contributed by atoms with Crippen molar-refractivity contribution < 1.29 is 33.3 Å². The first-order chi connectivity index (χ1) is 22.9. The summed E-state index contributed by atoms with van der Waals surface area (Å²) in [6, 6.07) is 7.31. The van der Waals surface area contributed by atoms with E-state index in [0.29, 0.717) is 61.2 Å². The monoisotopic (exact) mass is 699 g/mol. The minimum Gasteiger partial charge on any atom is -0.468 e. The van der Waals surface area contributed by atoms with Crippen molar-refractivity contribution in [2.45, 2.75) is 58.6 Å². The summed E-state index contributed by atoms with van der Waals surface area (Å²) in [7, 11) is -2.56. The maximum Gasteiger partial charge on any atom is 0.325 e. The number of rotatable bonds is 13. The molecule has 0 unspecified atom stereocenters. The third-order valence-corrected chi connectivity index (χ3v) is 8.85. The summed E-state index contributed by atoms with van der Waals surface area (Å²) < 4.78 is 58.1. The predicted octanol–water partition coefficient (Wildman–Crippen LogP) is 3.48. The molecule has 4 aromatic rings. The Balaban J connectivity index is 0.00000386. The van der Waals surface area contributed by atoms with Crippen molar-refractivity contribution in [1.29, 1.82) is 1.45 Å². The SMILES string of the molecule is C.CF.COC(=O)[C@H](CNC(=O)c1cn(CCCN)c2cc(CNc3ncc[nH]3)ccc2c1=O)NS(=O)(=O)c1c(C)cc(C)cc1C.[3HH].[3H]F. The molecule has 4 rings (SSSR count). The van der Waals surface area contributed by atoms with Crippen LogP contribution >= 0.6 is 0 Å². The minimum atomic E-state index is -4.17. The predicted molar refractivity (Wildman–Crippen MR) is 185 cm³/mol. The number of esters is 1. The highest BCUT2D eigenvalue weighted by molar-refractivity contribution is 7.89. The van der Waals surface area contributed by atoms with Crippen molar-refractivity contribution in [1.82, 2.24) is 24.6 Å². The van der Waals surface area contributed by atoms with Crippen LogP contribution in [-0.2, 0) is 32.6 Å². The molecular weight excluding hydrogens is 648 g/mol. The Hall–Kier alpha value is -4.67. The van der Waals surface area contributed by atoms with Crippen LogP contribution in [0.3, 0.4) is 0 Å². The number of aromatic amines is 1. The first-order valence-electron chi connectivity index (χ1n) is 14.8. The number of benzene rings is 2. The highest BCUT2D eigenvalue weighted by atomic mass is 32.2. The molecule has 0 saturated heterocycles. The van der Waals surface area contributed by atoms with Crippen molar-refractivity contribution in [3.8, 4) is 0 Å². The molecule has 2 heterocycles. The van der Waals surface area contributed by atoms with Gasteiger partial charge in [0.15, 0.2) is 5.95 Å². The summed E-state index contributed by atoms with van der Waals surface area (Å²) in [5, 5.41) is 6.03. The van der Waals surface area contributed by atoms with Crippen LogP contribution in [0.1, 0.15) is 47.9 Å². The fourth-order valence-electron chi connectivity index (χ4n) is 5.14. The number of pyridine rings is 1. The number of hydrogen-bond donors (Lipinski definition) is 5. The number of aromatic nitrogens is 3. The molecule has 0 saturated carbocycles. The smallest absolute Gasteiger partial charge is 0.325 e. The van der Waals surface area contributed by atoms with Gasteiger partial charge in [-0.15, -0.1) is 0 Å². The zero-order valence-electron chi connectivity index (χ0n) is 27.8. The lowest BCUT2D eigenvalue weighted by molar-refractivity contribution is -0.142. The Morgan fingerprint density at radius 2 is 1.85 bits per heavy atom. The molecule has 2 aromatic carbocycles. The molecule has 0 aliphatic rings. The van der Waals surface area contributed by atoms with E-state index in [4.69, 9.17) is 15.2 Å². The van der Waals surface area contributed by atoms with Crippen LogP contribution in [0.15, 0.2) is 58.6 Å². The van der Waals surface area contributed by atoms with Gasteiger partial charge < -0.3 is 30.7 Å². The van der Waals surface area contributed by atoms with Crippen LogP contribution in [0.25, 0.3) is 10.9 Å². The molecular formula is C32H47F2N7O6S. The number of sulfonamides is 1. The second-order valence-electron chi connectivity index (χ2n) is 10.5. The van der Waals surface area contributed by atoms with E-state index in [2.05, 4.69) is 26.8 Å². The standard InChI is InChI=1S/C30H37N7O6S.CH3F.CH4.FH.H2/c1-18-12-19(2)27(20(3)13-18)44(41,42)36-24(29(40)43-4)16-34-28(39)23-17-37(11-5-8-31)25-14-21(6-7-22(25)26(23)38)15-35-30-32-9-10-33-30;1-2;;;/h6-7,9-10,12-14,17,24,36H,5,8,11,15-16,31H2,1-4H3,(H,34,39)(H2,32,33,35);1H3;1H4;2*1H/t24-;;;;/m0..../s1/i;;;;1+2/hT. The first kappa shape index (κ1) is 39.5. The van der Waals surface area contributed by atoms with Crippen LogP contribution in [0.2, 0.25) is 0 Å². The molecule has 0 radical (unpaired) electrons. The van der Waals surface area contributed by atoms with Gasteiger partial charge in [0.05, 0.1) is 24.7 Å². The zero-order valence-corrected chi connectivity index (χ0v) is 27.6. The summed E-state index contributed by atoms with van der Waals surface area (Å²) in [4.78, 5) is 46.5. The van der Waals surface area contributed by atoms with Crippen molar-refractivity contribution in [2.24, 2.45) is 5.73 Å². The molecule has 1 atom stereocenters. The van der Waals surface area contributed by atoms with Gasteiger partial charge >= 0.3 is 5.97 Å². The highest BCUT2D eigenvalue weighted by Gasteiger charge is 2.29. The van der Waals surface area contributed by atoms with Crippen LogP contribution in [0, 0.1) is 20.8 Å². The van der Waals surface area contributed by atoms with Gasteiger partial charge in [-0.2, -0.15) is 4.72 Å². The Labute approximate surface area is 281 Å². The second kappa shape index (κ2) is 18.6. The van der Waals surface area contributed by atoms with Crippen LogP contribution in [0.5, 0.6) is 0 Å². The number of hydrogen-bond acceptors (Lipinski definition) is 9. The number of ether oxygens (including phenoxy) is 1. The third-order valence-electron chi connectivity index (χ3n) is 7.07. The number of halogens is 2. The number of alkyl halides is 1. The number of methoxy groups -OCH3 is 1. The molecule has 0 spiro atoms. The Bertz CT molecular complexity index is 1840. The lowest BCUT2D eigenvalue weighted by atomic mass is 10.1. The van der Waals surface area contributed by atoms with E-state index in [0.717, 1.165) is 18.2 Å². The van der Waals surface area contributed by atoms with Crippen molar-refractivity contribution >= 4 is 38.8 Å². The lowest BCUT2D eigenvalue weighted by Crippen LogP contribution is -2.49. The fourth-order valence-corrected chi connectivity index (χ4v) is 6.78. The first-order valence-corrected chi connectivity index (χ1v) is 15.9. The molecule has 0 aliphatic heterocycles. The summed E-state index contributed by atoms with van der Waals surface area (Å²) in [5.74, 6) is -1.06. The van der Waals surface area contributed by atoms with Gasteiger partial charge in [0, 0.05) is 45.0 Å². The second-order valence-corrected chi connectivity index (χ2v) is 12.1. The summed E-state index contributed by atoms with van der Waals surface area (Å²) in [6.45, 7) is 6.02. The van der Waals surface area contributed by atoms with Crippen molar-refractivity contribution in [3.05, 3.63) is 87.0 Å². The van der Waals surface area contributed by atoms with Gasteiger partial charge in [-0.3, -0.25) is 23.5 Å². The number of H-pyrrole nitrogens is 1. The largest absolute Gasteiger partial charge is 0.468 e. The van der Waals surface area contributed by atoms with Crippen molar-refractivity contribution in [2.75, 3.05) is 32.7 Å². The minimum absolute atomic E-state index is 0. The summed E-state index contributed by atoms with van der Waals surface area (Å²) in [6.07, 6.45) is 5.38. The molecule has 0 bridgehead atoms. The average Bonchev–Trinajstić information content (AvgIpc) is 3.60. The quantitative estimate of drug-likeness (QED) is 0.130. The van der Waals surface area contributed by atoms with E-state index < -0.39 is 39.9 Å². The van der Waals surface area contributed by atoms with E-state index in [-0.39, 0.29) is 19.3 Å². The Morgan fingerprint density at radius 3 is 2.44 bits per heavy atom. The highest BCUT2D eigenvalue weighted by Crippen LogP contribution is 2.22. The van der Waals surface area contributed by atoms with Crippen LogP contribution in [-0.4, -0.2) is 69.7 Å². The van der Waals surface area contributed by atoms with E-state index in [1.807, 2.05) is 13.0 Å². The van der Waals surface area contributed by atoms with Gasteiger partial charge in [-0.1, -0.05) is 31.2 Å². The van der Waals surface area contributed by atoms with Gasteiger partial charge in [0.2, 0.25) is 15.5 Å². The number of nitrogens with one attached hydrogen (secondary N) is 4. The number of aryl methyl sites for hydroxylation is 4. The summed E-state index contributed by atoms with van der Waals surface area (Å²) in [5.41, 5.74) is 8.51. The van der Waals surface area contributed by atoms with E-state index in [1.165, 1.54) is 6.20 Å². The molecule has 0 aliphatic carbocycles. The maximum atomic E-state index is 13.5. The topological polar surface area (TPSA) is 190 Å². The van der Waals surface area contributed by atoms with Gasteiger partial charge in [0.25, 0.3) is 7.36 Å². The van der Waals surface area contributed by atoms with E-state index in [9.17, 15) is 27.2 Å². The number of imidazole rings is 1. The molecule has 1 amide bonds.